The zero-order valence-electron chi connectivity index (χ0n) is 13.1. The van der Waals surface area contributed by atoms with Gasteiger partial charge >= 0.3 is 7.12 Å². The number of rotatable bonds is 4. The average molecular weight is 278 g/mol. The van der Waals surface area contributed by atoms with E-state index in [9.17, 15) is 4.79 Å². The maximum Gasteiger partial charge on any atom is 0.498 e. The van der Waals surface area contributed by atoms with E-state index in [1.165, 1.54) is 0 Å². The van der Waals surface area contributed by atoms with Gasteiger partial charge in [-0.05, 0) is 41.0 Å². The molecule has 1 unspecified atom stereocenters. The van der Waals surface area contributed by atoms with Gasteiger partial charge in [0.05, 0.1) is 11.2 Å². The minimum absolute atomic E-state index is 0.107. The number of nitrogens with zero attached hydrogens (tertiary/aromatic N) is 2. The van der Waals surface area contributed by atoms with Crippen LogP contribution >= 0.6 is 0 Å². The molecule has 1 fully saturated rings. The Balaban J connectivity index is 2.21. The van der Waals surface area contributed by atoms with E-state index in [1.807, 2.05) is 40.8 Å². The first-order chi connectivity index (χ1) is 9.18. The molecule has 0 spiro atoms. The third kappa shape index (κ3) is 2.54. The third-order valence-electron chi connectivity index (χ3n) is 4.32. The maximum atomic E-state index is 11.6. The second kappa shape index (κ2) is 5.00. The van der Waals surface area contributed by atoms with Gasteiger partial charge in [-0.25, -0.2) is 0 Å². The third-order valence-corrected chi connectivity index (χ3v) is 4.32. The Kier molecular flexibility index (Phi) is 3.82. The number of aromatic nitrogens is 2. The Morgan fingerprint density at radius 3 is 2.35 bits per heavy atom. The molecule has 1 aliphatic rings. The summed E-state index contributed by atoms with van der Waals surface area (Å²) in [5.41, 5.74) is 0.109. The molecule has 0 amide bonds. The molecule has 0 radical (unpaired) electrons. The van der Waals surface area contributed by atoms with Crippen LogP contribution in [0.25, 0.3) is 0 Å². The van der Waals surface area contributed by atoms with E-state index in [-0.39, 0.29) is 23.0 Å². The first kappa shape index (κ1) is 15.3. The van der Waals surface area contributed by atoms with Gasteiger partial charge in [-0.15, -0.1) is 0 Å². The molecule has 110 valence electrons. The van der Waals surface area contributed by atoms with Crippen molar-refractivity contribution in [2.24, 2.45) is 0 Å². The van der Waals surface area contributed by atoms with Crippen molar-refractivity contribution in [3.63, 3.8) is 0 Å². The number of carbonyl (C=O) groups is 1. The Morgan fingerprint density at radius 2 is 1.90 bits per heavy atom. The Hall–Kier alpha value is -1.14. The molecule has 1 saturated heterocycles. The molecule has 0 saturated carbocycles. The van der Waals surface area contributed by atoms with Gasteiger partial charge in [0.1, 0.15) is 6.04 Å². The lowest BCUT2D eigenvalue weighted by atomic mass is 9.82. The monoisotopic (exact) mass is 278 g/mol. The van der Waals surface area contributed by atoms with Gasteiger partial charge < -0.3 is 9.31 Å². The first-order valence-corrected chi connectivity index (χ1v) is 7.08. The van der Waals surface area contributed by atoms with Crippen LogP contribution < -0.4 is 5.46 Å². The van der Waals surface area contributed by atoms with Crippen LogP contribution in [0.5, 0.6) is 0 Å². The summed E-state index contributed by atoms with van der Waals surface area (Å²) in [5, 5.41) is 4.28. The van der Waals surface area contributed by atoms with Crippen LogP contribution in [-0.2, 0) is 14.1 Å². The highest BCUT2D eigenvalue weighted by molar-refractivity contribution is 6.62. The van der Waals surface area contributed by atoms with Gasteiger partial charge in [0.15, 0.2) is 5.78 Å². The Bertz CT molecular complexity index is 494. The molecule has 6 heteroatoms. The summed E-state index contributed by atoms with van der Waals surface area (Å²) in [6.45, 7) is 11.6. The first-order valence-electron chi connectivity index (χ1n) is 7.08. The molecular weight excluding hydrogens is 255 g/mol. The van der Waals surface area contributed by atoms with Crippen LogP contribution in [0.1, 0.15) is 54.0 Å². The minimum atomic E-state index is -0.432. The quantitative estimate of drug-likeness (QED) is 0.787. The predicted molar refractivity (Wildman–Crippen MR) is 78.0 cm³/mol. The number of carbonyl (C=O) groups excluding carboxylic acids is 1. The molecule has 0 aliphatic carbocycles. The fourth-order valence-electron chi connectivity index (χ4n) is 2.28. The second-order valence-corrected chi connectivity index (χ2v) is 6.38. The smallest absolute Gasteiger partial charge is 0.399 e. The summed E-state index contributed by atoms with van der Waals surface area (Å²) < 4.78 is 13.7. The summed E-state index contributed by atoms with van der Waals surface area (Å²) in [7, 11) is -0.432. The van der Waals surface area contributed by atoms with E-state index in [4.69, 9.17) is 9.31 Å². The van der Waals surface area contributed by atoms with Crippen LogP contribution in [0.4, 0.5) is 0 Å². The van der Waals surface area contributed by atoms with Gasteiger partial charge in [-0.1, -0.05) is 6.92 Å². The predicted octanol–water partition coefficient (Wildman–Crippen LogP) is 1.72. The van der Waals surface area contributed by atoms with Gasteiger partial charge in [0, 0.05) is 17.9 Å². The molecule has 5 nitrogen and oxygen atoms in total. The van der Waals surface area contributed by atoms with Crippen LogP contribution in [-0.4, -0.2) is 33.9 Å². The molecule has 1 aromatic rings. The molecular formula is C14H23BN2O3. The van der Waals surface area contributed by atoms with Crippen LogP contribution in [0.2, 0.25) is 0 Å². The normalized spacial score (nSPS) is 22.0. The fourth-order valence-corrected chi connectivity index (χ4v) is 2.28. The fraction of sp³-hybridized carbons (Fsp3) is 0.714. The van der Waals surface area contributed by atoms with Crippen LogP contribution in [0.3, 0.4) is 0 Å². The summed E-state index contributed by atoms with van der Waals surface area (Å²) in [5.74, 6) is 0.107. The van der Waals surface area contributed by atoms with Crippen molar-refractivity contribution in [2.45, 2.75) is 65.2 Å². The summed E-state index contributed by atoms with van der Waals surface area (Å²) in [4.78, 5) is 11.6. The lowest BCUT2D eigenvalue weighted by Crippen LogP contribution is -2.41. The van der Waals surface area contributed by atoms with Crippen molar-refractivity contribution in [3.8, 4) is 0 Å². The summed E-state index contributed by atoms with van der Waals surface area (Å²) >= 11 is 0. The highest BCUT2D eigenvalue weighted by atomic mass is 16.7. The van der Waals surface area contributed by atoms with Crippen molar-refractivity contribution < 1.29 is 14.1 Å². The van der Waals surface area contributed by atoms with Crippen molar-refractivity contribution in [1.82, 2.24) is 9.78 Å². The van der Waals surface area contributed by atoms with E-state index in [0.717, 1.165) is 11.9 Å². The van der Waals surface area contributed by atoms with Crippen LogP contribution in [0, 0.1) is 0 Å². The molecule has 2 heterocycles. The van der Waals surface area contributed by atoms with E-state index in [0.29, 0.717) is 0 Å². The van der Waals surface area contributed by atoms with Gasteiger partial charge in [-0.3, -0.25) is 9.48 Å². The molecule has 1 atom stereocenters. The van der Waals surface area contributed by atoms with Gasteiger partial charge in [0.2, 0.25) is 0 Å². The highest BCUT2D eigenvalue weighted by Crippen LogP contribution is 2.36. The largest absolute Gasteiger partial charge is 0.498 e. The molecule has 0 N–H and O–H groups in total. The standard InChI is InChI=1S/C14H23BN2O3/c1-7-12(10(2)18)17-9-11(8-16-17)15-19-13(3,4)14(5,6)20-15/h8-9,12H,7H2,1-6H3. The zero-order chi connectivity index (χ0) is 15.1. The summed E-state index contributed by atoms with van der Waals surface area (Å²) in [6, 6.07) is -0.217. The summed E-state index contributed by atoms with van der Waals surface area (Å²) in [6.07, 6.45) is 4.28. The number of Topliss-reactive ketones (excluding diaryl/α,β-unsaturated/α-hetero) is 1. The van der Waals surface area contributed by atoms with Crippen molar-refractivity contribution in [3.05, 3.63) is 12.4 Å². The highest BCUT2D eigenvalue weighted by Gasteiger charge is 2.52. The lowest BCUT2D eigenvalue weighted by molar-refractivity contribution is -0.120. The lowest BCUT2D eigenvalue weighted by Gasteiger charge is -2.32. The van der Waals surface area contributed by atoms with E-state index < -0.39 is 7.12 Å². The topological polar surface area (TPSA) is 53.4 Å². The molecule has 0 aromatic carbocycles. The maximum absolute atomic E-state index is 11.6. The second-order valence-electron chi connectivity index (χ2n) is 6.38. The molecule has 2 rings (SSSR count). The number of hydrogen-bond donors (Lipinski definition) is 0. The van der Waals surface area contributed by atoms with E-state index in [1.54, 1.807) is 17.8 Å². The van der Waals surface area contributed by atoms with E-state index in [2.05, 4.69) is 5.10 Å². The Morgan fingerprint density at radius 1 is 1.35 bits per heavy atom. The van der Waals surface area contributed by atoms with Crippen molar-refractivity contribution in [1.29, 1.82) is 0 Å². The average Bonchev–Trinajstić information content (AvgIpc) is 2.84. The van der Waals surface area contributed by atoms with E-state index >= 15 is 0 Å². The van der Waals surface area contributed by atoms with Crippen molar-refractivity contribution >= 4 is 18.4 Å². The van der Waals surface area contributed by atoms with Crippen molar-refractivity contribution in [2.75, 3.05) is 0 Å². The minimum Gasteiger partial charge on any atom is -0.399 e. The number of hydrogen-bond acceptors (Lipinski definition) is 4. The SMILES string of the molecule is CCC(C(C)=O)n1cc(B2OC(C)(C)C(C)(C)O2)cn1. The number of ketones is 1. The molecule has 1 aliphatic heterocycles. The zero-order valence-corrected chi connectivity index (χ0v) is 13.1. The van der Waals surface area contributed by atoms with Gasteiger partial charge in [-0.2, -0.15) is 5.10 Å². The Labute approximate surface area is 120 Å². The molecule has 1 aromatic heterocycles. The molecule has 0 bridgehead atoms. The van der Waals surface area contributed by atoms with Gasteiger partial charge in [0.25, 0.3) is 0 Å². The molecule has 20 heavy (non-hydrogen) atoms. The van der Waals surface area contributed by atoms with Crippen LogP contribution in [0.15, 0.2) is 12.4 Å².